The third kappa shape index (κ3) is 2.20. The number of hydrogen-bond acceptors (Lipinski definition) is 3. The fraction of sp³-hybridized carbons (Fsp3) is 0.143. The zero-order valence-corrected chi connectivity index (χ0v) is 11.0. The lowest BCUT2D eigenvalue weighted by Crippen LogP contribution is -2.12. The molecule has 0 spiro atoms. The number of nitrogen functional groups attached to an aromatic ring is 1. The summed E-state index contributed by atoms with van der Waals surface area (Å²) < 4.78 is 40.6. The Morgan fingerprint density at radius 1 is 1.19 bits per heavy atom. The van der Waals surface area contributed by atoms with Crippen molar-refractivity contribution in [2.45, 2.75) is 13.1 Å². The third-order valence-corrected chi connectivity index (χ3v) is 3.11. The molecule has 0 amide bonds. The van der Waals surface area contributed by atoms with Crippen LogP contribution in [0.2, 0.25) is 0 Å². The highest BCUT2D eigenvalue weighted by atomic mass is 19.4. The Labute approximate surface area is 118 Å². The van der Waals surface area contributed by atoms with Crippen LogP contribution in [-0.2, 0) is 6.18 Å². The first-order valence-electron chi connectivity index (χ1n) is 6.15. The van der Waals surface area contributed by atoms with Crippen molar-refractivity contribution in [2.75, 3.05) is 5.73 Å². The Balaban J connectivity index is 2.34. The standard InChI is InChI=1S/C14H11F3N4/c1-8-6-10-12(19-7-8)21(13(18)20-10)11-5-3-2-4-9(11)14(15,16)17/h2-7H,1H3,(H2,18,20). The van der Waals surface area contributed by atoms with Crippen molar-refractivity contribution >= 4 is 17.1 Å². The number of aryl methyl sites for hydroxylation is 1. The lowest BCUT2D eigenvalue weighted by molar-refractivity contribution is -0.137. The highest BCUT2D eigenvalue weighted by Crippen LogP contribution is 2.35. The number of aromatic nitrogens is 3. The number of hydrogen-bond donors (Lipinski definition) is 1. The molecule has 2 heterocycles. The van der Waals surface area contributed by atoms with Gasteiger partial charge in [0.1, 0.15) is 5.52 Å². The Morgan fingerprint density at radius 3 is 2.62 bits per heavy atom. The molecular weight excluding hydrogens is 281 g/mol. The van der Waals surface area contributed by atoms with Crippen molar-refractivity contribution in [1.29, 1.82) is 0 Å². The normalized spacial score (nSPS) is 12.0. The number of anilines is 1. The zero-order valence-electron chi connectivity index (χ0n) is 11.0. The van der Waals surface area contributed by atoms with Crippen molar-refractivity contribution in [2.24, 2.45) is 0 Å². The second kappa shape index (κ2) is 4.47. The van der Waals surface area contributed by atoms with Crippen LogP contribution in [0.3, 0.4) is 0 Å². The molecule has 0 radical (unpaired) electrons. The van der Waals surface area contributed by atoms with E-state index in [0.717, 1.165) is 11.6 Å². The summed E-state index contributed by atoms with van der Waals surface area (Å²) in [6.45, 7) is 1.82. The number of alkyl halides is 3. The van der Waals surface area contributed by atoms with Gasteiger partial charge < -0.3 is 5.73 Å². The van der Waals surface area contributed by atoms with Gasteiger partial charge in [0.15, 0.2) is 5.65 Å². The molecule has 108 valence electrons. The molecule has 2 aromatic heterocycles. The number of imidazole rings is 1. The van der Waals surface area contributed by atoms with Crippen LogP contribution in [-0.4, -0.2) is 14.5 Å². The largest absolute Gasteiger partial charge is 0.418 e. The maximum Gasteiger partial charge on any atom is 0.418 e. The van der Waals surface area contributed by atoms with Crippen LogP contribution in [0.5, 0.6) is 0 Å². The highest BCUT2D eigenvalue weighted by molar-refractivity contribution is 5.78. The first kappa shape index (κ1) is 13.4. The first-order chi connectivity index (χ1) is 9.88. The van der Waals surface area contributed by atoms with Crippen molar-refractivity contribution in [1.82, 2.24) is 14.5 Å². The monoisotopic (exact) mass is 292 g/mol. The van der Waals surface area contributed by atoms with Gasteiger partial charge in [0, 0.05) is 6.20 Å². The number of fused-ring (bicyclic) bond motifs is 1. The van der Waals surface area contributed by atoms with Crippen LogP contribution in [0.15, 0.2) is 36.5 Å². The molecule has 0 aliphatic heterocycles. The number of nitrogens with two attached hydrogens (primary N) is 1. The molecule has 2 N–H and O–H groups in total. The van der Waals surface area contributed by atoms with E-state index in [1.165, 1.54) is 22.8 Å². The van der Waals surface area contributed by atoms with Gasteiger partial charge in [-0.15, -0.1) is 0 Å². The number of nitrogens with zero attached hydrogens (tertiary/aromatic N) is 3. The summed E-state index contributed by atoms with van der Waals surface area (Å²) in [5, 5.41) is 0. The number of pyridine rings is 1. The molecule has 4 nitrogen and oxygen atoms in total. The maximum atomic E-state index is 13.1. The minimum absolute atomic E-state index is 0.0280. The molecule has 0 fully saturated rings. The molecule has 3 rings (SSSR count). The van der Waals surface area contributed by atoms with Gasteiger partial charge in [-0.25, -0.2) is 9.97 Å². The Bertz CT molecular complexity index is 821. The van der Waals surface area contributed by atoms with Gasteiger partial charge in [-0.3, -0.25) is 4.57 Å². The lowest BCUT2D eigenvalue weighted by atomic mass is 10.1. The highest BCUT2D eigenvalue weighted by Gasteiger charge is 2.34. The smallest absolute Gasteiger partial charge is 0.369 e. The van der Waals surface area contributed by atoms with Gasteiger partial charge >= 0.3 is 6.18 Å². The van der Waals surface area contributed by atoms with E-state index >= 15 is 0 Å². The van der Waals surface area contributed by atoms with E-state index in [2.05, 4.69) is 9.97 Å². The molecule has 0 aliphatic carbocycles. The molecule has 0 atom stereocenters. The van der Waals surface area contributed by atoms with E-state index in [0.29, 0.717) is 11.2 Å². The topological polar surface area (TPSA) is 56.7 Å². The zero-order chi connectivity index (χ0) is 15.2. The average Bonchev–Trinajstić information content (AvgIpc) is 2.72. The van der Waals surface area contributed by atoms with Crippen LogP contribution in [0, 0.1) is 6.92 Å². The molecule has 0 saturated heterocycles. The predicted octanol–water partition coefficient (Wildman–Crippen LogP) is 3.33. The minimum atomic E-state index is -4.48. The van der Waals surface area contributed by atoms with E-state index < -0.39 is 11.7 Å². The fourth-order valence-electron chi connectivity index (χ4n) is 2.23. The summed E-state index contributed by atoms with van der Waals surface area (Å²) in [5.74, 6) is -0.0280. The quantitative estimate of drug-likeness (QED) is 0.748. The van der Waals surface area contributed by atoms with Crippen molar-refractivity contribution in [3.63, 3.8) is 0 Å². The van der Waals surface area contributed by atoms with Crippen LogP contribution in [0.1, 0.15) is 11.1 Å². The minimum Gasteiger partial charge on any atom is -0.369 e. The van der Waals surface area contributed by atoms with E-state index in [-0.39, 0.29) is 11.6 Å². The molecule has 21 heavy (non-hydrogen) atoms. The Hall–Kier alpha value is -2.57. The Morgan fingerprint density at radius 2 is 1.90 bits per heavy atom. The summed E-state index contributed by atoms with van der Waals surface area (Å²) in [7, 11) is 0. The number of halogens is 3. The summed E-state index contributed by atoms with van der Waals surface area (Å²) in [6, 6.07) is 6.94. The second-order valence-corrected chi connectivity index (χ2v) is 4.68. The van der Waals surface area contributed by atoms with Crippen LogP contribution < -0.4 is 5.73 Å². The van der Waals surface area contributed by atoms with Crippen molar-refractivity contribution in [3.8, 4) is 5.69 Å². The van der Waals surface area contributed by atoms with Crippen LogP contribution in [0.4, 0.5) is 19.1 Å². The van der Waals surface area contributed by atoms with Gasteiger partial charge in [-0.1, -0.05) is 12.1 Å². The SMILES string of the molecule is Cc1cnc2c(c1)nc(N)n2-c1ccccc1C(F)(F)F. The van der Waals surface area contributed by atoms with Crippen LogP contribution in [0.25, 0.3) is 16.9 Å². The first-order valence-corrected chi connectivity index (χ1v) is 6.15. The van der Waals surface area contributed by atoms with Gasteiger partial charge in [0.25, 0.3) is 0 Å². The second-order valence-electron chi connectivity index (χ2n) is 4.68. The van der Waals surface area contributed by atoms with Crippen LogP contribution >= 0.6 is 0 Å². The number of para-hydroxylation sites is 1. The van der Waals surface area contributed by atoms with Gasteiger partial charge in [0.2, 0.25) is 5.95 Å². The molecule has 0 saturated carbocycles. The molecule has 3 aromatic rings. The van der Waals surface area contributed by atoms with E-state index in [1.807, 2.05) is 6.92 Å². The maximum absolute atomic E-state index is 13.1. The molecule has 0 bridgehead atoms. The third-order valence-electron chi connectivity index (χ3n) is 3.11. The Kier molecular flexibility index (Phi) is 2.86. The van der Waals surface area contributed by atoms with Gasteiger partial charge in [-0.2, -0.15) is 13.2 Å². The lowest BCUT2D eigenvalue weighted by Gasteiger charge is -2.14. The predicted molar refractivity (Wildman–Crippen MR) is 73.0 cm³/mol. The number of rotatable bonds is 1. The molecular formula is C14H11F3N4. The van der Waals surface area contributed by atoms with E-state index in [1.54, 1.807) is 12.3 Å². The van der Waals surface area contributed by atoms with E-state index in [9.17, 15) is 13.2 Å². The van der Waals surface area contributed by atoms with E-state index in [4.69, 9.17) is 5.73 Å². The van der Waals surface area contributed by atoms with Gasteiger partial charge in [0.05, 0.1) is 11.3 Å². The fourth-order valence-corrected chi connectivity index (χ4v) is 2.23. The average molecular weight is 292 g/mol. The summed E-state index contributed by atoms with van der Waals surface area (Å²) in [6.07, 6.45) is -2.92. The van der Waals surface area contributed by atoms with Crippen molar-refractivity contribution < 1.29 is 13.2 Å². The molecule has 7 heteroatoms. The number of benzene rings is 1. The summed E-state index contributed by atoms with van der Waals surface area (Å²) in [4.78, 5) is 8.24. The summed E-state index contributed by atoms with van der Waals surface area (Å²) in [5.41, 5.74) is 6.55. The summed E-state index contributed by atoms with van der Waals surface area (Å²) >= 11 is 0. The van der Waals surface area contributed by atoms with Gasteiger partial charge in [-0.05, 0) is 30.7 Å². The van der Waals surface area contributed by atoms with Crippen molar-refractivity contribution in [3.05, 3.63) is 47.7 Å². The molecule has 1 aromatic carbocycles. The molecule has 0 aliphatic rings. The molecule has 0 unspecified atom stereocenters.